The number of ketones is 1. The van der Waals surface area contributed by atoms with Crippen LogP contribution in [0.4, 0.5) is 5.69 Å². The highest BCUT2D eigenvalue weighted by molar-refractivity contribution is 6.04. The average Bonchev–Trinajstić information content (AvgIpc) is 2.65. The van der Waals surface area contributed by atoms with Crippen molar-refractivity contribution in [2.75, 3.05) is 7.11 Å². The van der Waals surface area contributed by atoms with Gasteiger partial charge in [-0.1, -0.05) is 30.3 Å². The predicted octanol–water partition coefficient (Wildman–Crippen LogP) is 4.23. The van der Waals surface area contributed by atoms with Crippen LogP contribution in [0.15, 0.2) is 48.0 Å². The number of hydrogen-bond donors (Lipinski definition) is 1. The highest BCUT2D eigenvalue weighted by Crippen LogP contribution is 2.39. The van der Waals surface area contributed by atoms with Crippen LogP contribution in [-0.4, -0.2) is 22.9 Å². The van der Waals surface area contributed by atoms with E-state index in [9.17, 15) is 20.0 Å². The van der Waals surface area contributed by atoms with Crippen LogP contribution in [0.1, 0.15) is 36.3 Å². The number of aromatic hydroxyl groups is 1. The van der Waals surface area contributed by atoms with Crippen LogP contribution in [-0.2, 0) is 4.79 Å². The molecule has 26 heavy (non-hydrogen) atoms. The molecule has 0 amide bonds. The molecule has 1 N–H and O–H groups in total. The summed E-state index contributed by atoms with van der Waals surface area (Å²) in [6.45, 7) is 0. The summed E-state index contributed by atoms with van der Waals surface area (Å²) in [6.07, 6.45) is 3.94. The van der Waals surface area contributed by atoms with Gasteiger partial charge in [-0.15, -0.1) is 0 Å². The number of phenols is 1. The van der Waals surface area contributed by atoms with E-state index in [0.717, 1.165) is 18.4 Å². The van der Waals surface area contributed by atoms with Crippen molar-refractivity contribution >= 4 is 17.5 Å². The van der Waals surface area contributed by atoms with Crippen LogP contribution >= 0.6 is 0 Å². The number of benzene rings is 2. The molecular weight excluding hydrogens is 334 g/mol. The fraction of sp³-hybridized carbons (Fsp3) is 0.250. The van der Waals surface area contributed by atoms with Gasteiger partial charge in [-0.2, -0.15) is 0 Å². The standard InChI is InChI=1S/C20H19NO5/c1-26-18-12-13(11-17(20(18)23)21(24)25)10-15-8-5-9-16(19(15)22)14-6-3-2-4-7-14/h2-4,6-7,10-12,16,23H,5,8-9H2,1H3/b15-10+/t16-/m1/s1. The number of allylic oxidation sites excluding steroid dienone is 1. The molecular formula is C20H19NO5. The molecule has 2 aromatic carbocycles. The van der Waals surface area contributed by atoms with Crippen molar-refractivity contribution in [2.45, 2.75) is 25.2 Å². The van der Waals surface area contributed by atoms with E-state index in [1.165, 1.54) is 19.2 Å². The van der Waals surface area contributed by atoms with Crippen molar-refractivity contribution < 1.29 is 19.6 Å². The second-order valence-corrected chi connectivity index (χ2v) is 6.24. The van der Waals surface area contributed by atoms with Crippen LogP contribution in [0, 0.1) is 10.1 Å². The number of carbonyl (C=O) groups is 1. The summed E-state index contributed by atoms with van der Waals surface area (Å²) in [5.41, 5.74) is 1.63. The molecule has 0 bridgehead atoms. The molecule has 6 heteroatoms. The van der Waals surface area contributed by atoms with Gasteiger partial charge in [-0.05, 0) is 48.1 Å². The minimum atomic E-state index is -0.671. The van der Waals surface area contributed by atoms with E-state index in [-0.39, 0.29) is 17.5 Å². The highest BCUT2D eigenvalue weighted by atomic mass is 16.6. The van der Waals surface area contributed by atoms with Gasteiger partial charge in [0.15, 0.2) is 11.5 Å². The Balaban J connectivity index is 1.98. The molecule has 3 rings (SSSR count). The summed E-state index contributed by atoms with van der Waals surface area (Å²) in [6, 6.07) is 12.4. The number of rotatable bonds is 4. The van der Waals surface area contributed by atoms with Gasteiger partial charge in [0.25, 0.3) is 0 Å². The Kier molecular flexibility index (Phi) is 5.02. The Morgan fingerprint density at radius 3 is 2.65 bits per heavy atom. The summed E-state index contributed by atoms with van der Waals surface area (Å²) in [7, 11) is 1.33. The molecule has 0 aliphatic heterocycles. The number of hydrogen-bond acceptors (Lipinski definition) is 5. The van der Waals surface area contributed by atoms with Crippen LogP contribution in [0.25, 0.3) is 6.08 Å². The normalized spacial score (nSPS) is 18.7. The topological polar surface area (TPSA) is 89.7 Å². The molecule has 0 unspecified atom stereocenters. The van der Waals surface area contributed by atoms with E-state index in [0.29, 0.717) is 17.6 Å². The molecule has 1 aliphatic rings. The Morgan fingerprint density at radius 1 is 1.27 bits per heavy atom. The lowest BCUT2D eigenvalue weighted by Gasteiger charge is -2.23. The van der Waals surface area contributed by atoms with Gasteiger partial charge in [0.1, 0.15) is 0 Å². The Bertz CT molecular complexity index is 873. The SMILES string of the molecule is COc1cc(/C=C2\CCC[C@H](c3ccccc3)C2=O)cc([N+](=O)[O-])c1O. The minimum absolute atomic E-state index is 0.00826. The number of nitro benzene ring substituents is 1. The average molecular weight is 353 g/mol. The molecule has 6 nitrogen and oxygen atoms in total. The molecule has 0 saturated heterocycles. The second-order valence-electron chi connectivity index (χ2n) is 6.24. The molecule has 0 spiro atoms. The van der Waals surface area contributed by atoms with Gasteiger partial charge in [-0.25, -0.2) is 0 Å². The van der Waals surface area contributed by atoms with Gasteiger partial charge in [0, 0.05) is 12.0 Å². The number of ether oxygens (including phenoxy) is 1. The second kappa shape index (κ2) is 7.39. The van der Waals surface area contributed by atoms with Crippen molar-refractivity contribution in [1.29, 1.82) is 0 Å². The third-order valence-corrected chi connectivity index (χ3v) is 4.61. The summed E-state index contributed by atoms with van der Waals surface area (Å²) < 4.78 is 5.01. The zero-order valence-corrected chi connectivity index (χ0v) is 14.3. The summed E-state index contributed by atoms with van der Waals surface area (Å²) in [5, 5.41) is 21.0. The van der Waals surface area contributed by atoms with Crippen LogP contribution in [0.3, 0.4) is 0 Å². The first-order chi connectivity index (χ1) is 12.5. The first-order valence-electron chi connectivity index (χ1n) is 8.36. The van der Waals surface area contributed by atoms with Gasteiger partial charge in [-0.3, -0.25) is 14.9 Å². The van der Waals surface area contributed by atoms with Crippen LogP contribution in [0.2, 0.25) is 0 Å². The van der Waals surface area contributed by atoms with E-state index in [1.807, 2.05) is 30.3 Å². The zero-order valence-electron chi connectivity index (χ0n) is 14.3. The van der Waals surface area contributed by atoms with Crippen molar-refractivity contribution in [1.82, 2.24) is 0 Å². The maximum absolute atomic E-state index is 12.9. The number of Topliss-reactive ketones (excluding diaryl/α,β-unsaturated/α-hetero) is 1. The number of methoxy groups -OCH3 is 1. The maximum Gasteiger partial charge on any atom is 0.315 e. The smallest absolute Gasteiger partial charge is 0.315 e. The number of nitro groups is 1. The van der Waals surface area contributed by atoms with Crippen molar-refractivity contribution in [2.24, 2.45) is 0 Å². The fourth-order valence-electron chi connectivity index (χ4n) is 3.31. The molecule has 1 atom stereocenters. The zero-order chi connectivity index (χ0) is 18.7. The Hall–Kier alpha value is -3.15. The molecule has 0 radical (unpaired) electrons. The third-order valence-electron chi connectivity index (χ3n) is 4.61. The Labute approximate surface area is 150 Å². The Morgan fingerprint density at radius 2 is 2.00 bits per heavy atom. The van der Waals surface area contributed by atoms with Crippen molar-refractivity contribution in [3.63, 3.8) is 0 Å². The maximum atomic E-state index is 12.9. The van der Waals surface area contributed by atoms with E-state index in [4.69, 9.17) is 4.74 Å². The van der Waals surface area contributed by atoms with Gasteiger partial charge < -0.3 is 9.84 Å². The molecule has 1 fully saturated rings. The summed E-state index contributed by atoms with van der Waals surface area (Å²) in [5.74, 6) is -0.659. The summed E-state index contributed by atoms with van der Waals surface area (Å²) in [4.78, 5) is 23.4. The van der Waals surface area contributed by atoms with Gasteiger partial charge in [0.05, 0.1) is 12.0 Å². The minimum Gasteiger partial charge on any atom is -0.500 e. The van der Waals surface area contributed by atoms with Crippen LogP contribution in [0.5, 0.6) is 11.5 Å². The molecule has 1 aliphatic carbocycles. The quantitative estimate of drug-likeness (QED) is 0.505. The lowest BCUT2D eigenvalue weighted by Crippen LogP contribution is -2.19. The molecule has 0 heterocycles. The predicted molar refractivity (Wildman–Crippen MR) is 97.3 cm³/mol. The van der Waals surface area contributed by atoms with Gasteiger partial charge in [0.2, 0.25) is 5.75 Å². The molecule has 2 aromatic rings. The van der Waals surface area contributed by atoms with Crippen LogP contribution < -0.4 is 4.74 Å². The van der Waals surface area contributed by atoms with E-state index >= 15 is 0 Å². The lowest BCUT2D eigenvalue weighted by molar-refractivity contribution is -0.386. The molecule has 0 aromatic heterocycles. The van der Waals surface area contributed by atoms with Gasteiger partial charge >= 0.3 is 5.69 Å². The number of phenolic OH excluding ortho intramolecular Hbond substituents is 1. The monoisotopic (exact) mass is 353 g/mol. The van der Waals surface area contributed by atoms with E-state index < -0.39 is 16.4 Å². The van der Waals surface area contributed by atoms with E-state index in [2.05, 4.69) is 0 Å². The van der Waals surface area contributed by atoms with E-state index in [1.54, 1.807) is 6.08 Å². The largest absolute Gasteiger partial charge is 0.500 e. The first-order valence-corrected chi connectivity index (χ1v) is 8.36. The number of nitrogens with zero attached hydrogens (tertiary/aromatic N) is 1. The van der Waals surface area contributed by atoms with Crippen molar-refractivity contribution in [3.05, 3.63) is 69.3 Å². The number of carbonyl (C=O) groups excluding carboxylic acids is 1. The first kappa shape index (κ1) is 17.7. The lowest BCUT2D eigenvalue weighted by atomic mass is 9.79. The molecule has 1 saturated carbocycles. The third kappa shape index (κ3) is 3.44. The fourth-order valence-corrected chi connectivity index (χ4v) is 3.31. The molecule has 134 valence electrons. The summed E-state index contributed by atoms with van der Waals surface area (Å²) >= 11 is 0. The van der Waals surface area contributed by atoms with Crippen molar-refractivity contribution in [3.8, 4) is 11.5 Å². The highest BCUT2D eigenvalue weighted by Gasteiger charge is 2.28.